The van der Waals surface area contributed by atoms with Crippen LogP contribution in [0.25, 0.3) is 0 Å². The molecule has 2 N–H and O–H groups in total. The fraction of sp³-hybridized carbons (Fsp3) is 0.615. The van der Waals surface area contributed by atoms with E-state index in [0.29, 0.717) is 29.6 Å². The van der Waals surface area contributed by atoms with E-state index in [1.165, 1.54) is 0 Å². The van der Waals surface area contributed by atoms with Crippen molar-refractivity contribution >= 4 is 28.3 Å². The van der Waals surface area contributed by atoms with Gasteiger partial charge < -0.3 is 10.4 Å². The van der Waals surface area contributed by atoms with Gasteiger partial charge in [0.15, 0.2) is 5.13 Å². The number of amides is 1. The second-order valence-corrected chi connectivity index (χ2v) is 5.85. The lowest BCUT2D eigenvalue weighted by atomic mass is 10.1. The number of rotatable bonds is 7. The predicted octanol–water partition coefficient (Wildman–Crippen LogP) is 3.17. The summed E-state index contributed by atoms with van der Waals surface area (Å²) in [6.07, 6.45) is 2.81. The van der Waals surface area contributed by atoms with Gasteiger partial charge in [0.2, 0.25) is 5.91 Å². The summed E-state index contributed by atoms with van der Waals surface area (Å²) in [5, 5.41) is 12.2. The van der Waals surface area contributed by atoms with Gasteiger partial charge in [-0.15, -0.1) is 0 Å². The van der Waals surface area contributed by atoms with Crippen LogP contribution in [0.3, 0.4) is 0 Å². The Morgan fingerprint density at radius 3 is 2.63 bits per heavy atom. The quantitative estimate of drug-likeness (QED) is 0.806. The summed E-state index contributed by atoms with van der Waals surface area (Å²) in [5.74, 6) is -0.769. The average molecular weight is 284 g/mol. The number of carbonyl (C=O) groups is 2. The van der Waals surface area contributed by atoms with E-state index in [4.69, 9.17) is 5.11 Å². The topological polar surface area (TPSA) is 79.3 Å². The van der Waals surface area contributed by atoms with Gasteiger partial charge in [0.25, 0.3) is 0 Å². The van der Waals surface area contributed by atoms with Crippen LogP contribution in [0.1, 0.15) is 55.4 Å². The molecule has 0 aliphatic heterocycles. The van der Waals surface area contributed by atoms with Crippen molar-refractivity contribution in [3.05, 3.63) is 10.6 Å². The SMILES string of the molecule is CCCCC(=O)Nc1nc(CC(C)C)c(C(=O)O)s1. The molecule has 1 rings (SSSR count). The van der Waals surface area contributed by atoms with Crippen molar-refractivity contribution in [3.8, 4) is 0 Å². The molecule has 0 radical (unpaired) electrons. The van der Waals surface area contributed by atoms with E-state index in [9.17, 15) is 9.59 Å². The Morgan fingerprint density at radius 2 is 2.11 bits per heavy atom. The van der Waals surface area contributed by atoms with E-state index < -0.39 is 5.97 Å². The average Bonchev–Trinajstić information content (AvgIpc) is 2.68. The van der Waals surface area contributed by atoms with Crippen LogP contribution in [0.2, 0.25) is 0 Å². The van der Waals surface area contributed by atoms with Crippen LogP contribution in [0, 0.1) is 5.92 Å². The first-order valence-electron chi connectivity index (χ1n) is 6.46. The van der Waals surface area contributed by atoms with Gasteiger partial charge in [-0.2, -0.15) is 0 Å². The van der Waals surface area contributed by atoms with Crippen LogP contribution in [0.5, 0.6) is 0 Å². The molecule has 1 heterocycles. The molecule has 0 unspecified atom stereocenters. The third-order valence-electron chi connectivity index (χ3n) is 2.50. The maximum absolute atomic E-state index is 11.6. The van der Waals surface area contributed by atoms with Crippen LogP contribution in [-0.4, -0.2) is 22.0 Å². The van der Waals surface area contributed by atoms with E-state index in [1.54, 1.807) is 0 Å². The van der Waals surface area contributed by atoms with Gasteiger partial charge in [0, 0.05) is 6.42 Å². The van der Waals surface area contributed by atoms with Crippen molar-refractivity contribution in [2.24, 2.45) is 5.92 Å². The van der Waals surface area contributed by atoms with Crippen LogP contribution < -0.4 is 5.32 Å². The molecule has 5 nitrogen and oxygen atoms in total. The smallest absolute Gasteiger partial charge is 0.347 e. The van der Waals surface area contributed by atoms with Gasteiger partial charge in [-0.3, -0.25) is 4.79 Å². The zero-order valence-corrected chi connectivity index (χ0v) is 12.3. The minimum absolute atomic E-state index is 0.108. The van der Waals surface area contributed by atoms with Crippen LogP contribution >= 0.6 is 11.3 Å². The number of aromatic nitrogens is 1. The number of hydrogen-bond donors (Lipinski definition) is 2. The molecule has 0 aliphatic rings. The third kappa shape index (κ3) is 4.98. The van der Waals surface area contributed by atoms with E-state index in [-0.39, 0.29) is 10.8 Å². The van der Waals surface area contributed by atoms with Crippen molar-refractivity contribution in [2.75, 3.05) is 5.32 Å². The van der Waals surface area contributed by atoms with Crippen LogP contribution in [0.4, 0.5) is 5.13 Å². The number of thiazole rings is 1. The Balaban J connectivity index is 2.79. The van der Waals surface area contributed by atoms with Gasteiger partial charge in [0.05, 0.1) is 5.69 Å². The summed E-state index contributed by atoms with van der Waals surface area (Å²) in [6, 6.07) is 0. The number of nitrogens with one attached hydrogen (secondary N) is 1. The predicted molar refractivity (Wildman–Crippen MR) is 75.8 cm³/mol. The van der Waals surface area contributed by atoms with Crippen LogP contribution in [-0.2, 0) is 11.2 Å². The lowest BCUT2D eigenvalue weighted by Gasteiger charge is -2.01. The molecule has 0 aromatic carbocycles. The number of hydrogen-bond acceptors (Lipinski definition) is 4. The number of carboxylic acid groups (broad SMARTS) is 1. The van der Waals surface area contributed by atoms with E-state index in [2.05, 4.69) is 10.3 Å². The van der Waals surface area contributed by atoms with Crippen molar-refractivity contribution in [1.82, 2.24) is 4.98 Å². The lowest BCUT2D eigenvalue weighted by Crippen LogP contribution is -2.10. The molecule has 0 bridgehead atoms. The minimum Gasteiger partial charge on any atom is -0.477 e. The minimum atomic E-state index is -0.984. The summed E-state index contributed by atoms with van der Waals surface area (Å²) >= 11 is 1.03. The summed E-state index contributed by atoms with van der Waals surface area (Å²) in [4.78, 5) is 27.2. The summed E-state index contributed by atoms with van der Waals surface area (Å²) in [7, 11) is 0. The highest BCUT2D eigenvalue weighted by atomic mass is 32.1. The van der Waals surface area contributed by atoms with E-state index in [0.717, 1.165) is 24.2 Å². The molecule has 106 valence electrons. The van der Waals surface area contributed by atoms with Crippen molar-refractivity contribution in [3.63, 3.8) is 0 Å². The van der Waals surface area contributed by atoms with Crippen LogP contribution in [0.15, 0.2) is 0 Å². The highest BCUT2D eigenvalue weighted by Gasteiger charge is 2.19. The highest BCUT2D eigenvalue weighted by Crippen LogP contribution is 2.25. The number of carbonyl (C=O) groups excluding carboxylic acids is 1. The van der Waals surface area contributed by atoms with Gasteiger partial charge in [0.1, 0.15) is 4.88 Å². The zero-order chi connectivity index (χ0) is 14.4. The Labute approximate surface area is 117 Å². The maximum Gasteiger partial charge on any atom is 0.347 e. The molecule has 1 aromatic rings. The first-order valence-corrected chi connectivity index (χ1v) is 7.28. The maximum atomic E-state index is 11.6. The van der Waals surface area contributed by atoms with Crippen molar-refractivity contribution in [2.45, 2.75) is 46.5 Å². The van der Waals surface area contributed by atoms with Crippen molar-refractivity contribution in [1.29, 1.82) is 0 Å². The number of carboxylic acids is 1. The Morgan fingerprint density at radius 1 is 1.42 bits per heavy atom. The second-order valence-electron chi connectivity index (χ2n) is 4.85. The normalized spacial score (nSPS) is 10.7. The molecule has 0 fully saturated rings. The molecule has 19 heavy (non-hydrogen) atoms. The van der Waals surface area contributed by atoms with Crippen molar-refractivity contribution < 1.29 is 14.7 Å². The van der Waals surface area contributed by atoms with Gasteiger partial charge in [-0.05, 0) is 18.8 Å². The van der Waals surface area contributed by atoms with E-state index in [1.807, 2.05) is 20.8 Å². The molecular formula is C13H20N2O3S. The Bertz CT molecular complexity index is 455. The molecule has 0 aliphatic carbocycles. The lowest BCUT2D eigenvalue weighted by molar-refractivity contribution is -0.116. The largest absolute Gasteiger partial charge is 0.477 e. The second kappa shape index (κ2) is 7.23. The highest BCUT2D eigenvalue weighted by molar-refractivity contribution is 7.17. The number of nitrogens with zero attached hydrogens (tertiary/aromatic N) is 1. The molecular weight excluding hydrogens is 264 g/mol. The van der Waals surface area contributed by atoms with Gasteiger partial charge in [-0.1, -0.05) is 38.5 Å². The molecule has 0 saturated carbocycles. The van der Waals surface area contributed by atoms with Gasteiger partial charge >= 0.3 is 5.97 Å². The monoisotopic (exact) mass is 284 g/mol. The Hall–Kier alpha value is -1.43. The van der Waals surface area contributed by atoms with E-state index >= 15 is 0 Å². The molecule has 6 heteroatoms. The zero-order valence-electron chi connectivity index (χ0n) is 11.5. The summed E-state index contributed by atoms with van der Waals surface area (Å²) in [6.45, 7) is 6.02. The molecule has 0 spiro atoms. The Kier molecular flexibility index (Phi) is 5.95. The molecule has 1 amide bonds. The van der Waals surface area contributed by atoms with Gasteiger partial charge in [-0.25, -0.2) is 9.78 Å². The molecule has 0 atom stereocenters. The fourth-order valence-electron chi connectivity index (χ4n) is 1.62. The molecule has 0 saturated heterocycles. The number of aromatic carboxylic acids is 1. The first kappa shape index (κ1) is 15.6. The first-order chi connectivity index (χ1) is 8.93. The standard InChI is InChI=1S/C13H20N2O3S/c1-4-5-6-10(16)15-13-14-9(7-8(2)3)11(19-13)12(17)18/h8H,4-7H2,1-3H3,(H,17,18)(H,14,15,16). The summed E-state index contributed by atoms with van der Waals surface area (Å²) < 4.78 is 0. The fourth-order valence-corrected chi connectivity index (χ4v) is 2.46. The summed E-state index contributed by atoms with van der Waals surface area (Å²) in [5.41, 5.74) is 0.554. The molecule has 1 aromatic heterocycles. The number of anilines is 1. The third-order valence-corrected chi connectivity index (χ3v) is 3.50. The number of unbranched alkanes of at least 4 members (excludes halogenated alkanes) is 1.